The van der Waals surface area contributed by atoms with Crippen LogP contribution in [0.4, 0.5) is 5.69 Å². The van der Waals surface area contributed by atoms with Crippen molar-refractivity contribution < 1.29 is 14.5 Å². The molecule has 1 aliphatic rings. The maximum Gasteiger partial charge on any atom is 0.491 e. The number of nitrogens with one attached hydrogen (secondary N) is 1. The third-order valence-electron chi connectivity index (χ3n) is 3.34. The summed E-state index contributed by atoms with van der Waals surface area (Å²) in [6.45, 7) is 2.57. The third kappa shape index (κ3) is 2.79. The van der Waals surface area contributed by atoms with Gasteiger partial charge in [-0.3, -0.25) is 0 Å². The van der Waals surface area contributed by atoms with Crippen molar-refractivity contribution in [1.82, 2.24) is 0 Å². The predicted molar refractivity (Wildman–Crippen MR) is 79.1 cm³/mol. The number of hydrogen-bond acceptors (Lipinski definition) is 4. The van der Waals surface area contributed by atoms with E-state index in [0.29, 0.717) is 6.61 Å². The second-order valence-electron chi connectivity index (χ2n) is 4.91. The Labute approximate surface area is 118 Å². The molecule has 20 heavy (non-hydrogen) atoms. The molecule has 1 aliphatic heterocycles. The quantitative estimate of drug-likeness (QED) is 0.657. The van der Waals surface area contributed by atoms with Gasteiger partial charge in [0.1, 0.15) is 0 Å². The predicted octanol–water partition coefficient (Wildman–Crippen LogP) is 1.66. The van der Waals surface area contributed by atoms with Crippen molar-refractivity contribution >= 4 is 18.3 Å². The molecule has 0 fully saturated rings. The summed E-state index contributed by atoms with van der Waals surface area (Å²) in [7, 11) is -0.848. The average Bonchev–Trinajstić information content (AvgIpc) is 2.46. The van der Waals surface area contributed by atoms with Crippen LogP contribution >= 0.6 is 0 Å². The Kier molecular flexibility index (Phi) is 3.63. The summed E-state index contributed by atoms with van der Waals surface area (Å²) < 4.78 is 5.22. The van der Waals surface area contributed by atoms with Crippen molar-refractivity contribution in [1.29, 1.82) is 0 Å². The van der Waals surface area contributed by atoms with Crippen LogP contribution in [0.2, 0.25) is 0 Å². The van der Waals surface area contributed by atoms with Gasteiger partial charge in [0.15, 0.2) is 5.75 Å². The number of hydrogen-bond donors (Lipinski definition) is 2. The van der Waals surface area contributed by atoms with Gasteiger partial charge in [-0.1, -0.05) is 18.2 Å². The molecule has 2 N–H and O–H groups in total. The first kappa shape index (κ1) is 13.0. The zero-order chi connectivity index (χ0) is 13.9. The summed E-state index contributed by atoms with van der Waals surface area (Å²) in [4.78, 5) is 5.53. The van der Waals surface area contributed by atoms with Crippen molar-refractivity contribution in [3.8, 4) is 5.75 Å². The lowest BCUT2D eigenvalue weighted by Gasteiger charge is -2.20. The van der Waals surface area contributed by atoms with Crippen LogP contribution in [0.5, 0.6) is 5.75 Å². The van der Waals surface area contributed by atoms with Crippen LogP contribution in [0, 0.1) is 6.92 Å². The third-order valence-corrected chi connectivity index (χ3v) is 3.34. The van der Waals surface area contributed by atoms with E-state index in [4.69, 9.17) is 9.49 Å². The Balaban J connectivity index is 1.73. The van der Waals surface area contributed by atoms with Gasteiger partial charge in [0.25, 0.3) is 0 Å². The number of aryl methyl sites for hydroxylation is 1. The largest absolute Gasteiger partial charge is 0.491 e. The number of fused-ring (bicyclic) bond motifs is 1. The summed E-state index contributed by atoms with van der Waals surface area (Å²) in [6, 6.07) is 13.6. The highest BCUT2D eigenvalue weighted by Gasteiger charge is 2.24. The second-order valence-corrected chi connectivity index (χ2v) is 4.91. The molecule has 5 heteroatoms. The topological polar surface area (TPSA) is 50.7 Å². The lowest BCUT2D eigenvalue weighted by atomic mass is 9.73. The highest BCUT2D eigenvalue weighted by atomic mass is 16.6. The zero-order valence-electron chi connectivity index (χ0n) is 11.3. The highest BCUT2D eigenvalue weighted by Crippen LogP contribution is 2.16. The fourth-order valence-corrected chi connectivity index (χ4v) is 2.28. The lowest BCUT2D eigenvalue weighted by Crippen LogP contribution is -2.41. The van der Waals surface area contributed by atoms with Crippen molar-refractivity contribution in [3.63, 3.8) is 0 Å². The Morgan fingerprint density at radius 1 is 1.25 bits per heavy atom. The second kappa shape index (κ2) is 5.57. The summed E-state index contributed by atoms with van der Waals surface area (Å²) in [6.07, 6.45) is 0.825. The van der Waals surface area contributed by atoms with Crippen molar-refractivity contribution in [2.75, 3.05) is 12.1 Å². The molecule has 0 bridgehead atoms. The summed E-state index contributed by atoms with van der Waals surface area (Å²) in [5.74, 6) is 0.750. The van der Waals surface area contributed by atoms with E-state index in [-0.39, 0.29) is 0 Å². The van der Waals surface area contributed by atoms with Gasteiger partial charge < -0.3 is 14.5 Å². The van der Waals surface area contributed by atoms with Gasteiger partial charge in [0.05, 0.1) is 5.69 Å². The number of benzene rings is 2. The minimum Gasteiger partial charge on any atom is -0.423 e. The Morgan fingerprint density at radius 3 is 3.00 bits per heavy atom. The number of anilines is 1. The Hall–Kier alpha value is -1.98. The molecule has 0 saturated carbocycles. The highest BCUT2D eigenvalue weighted by molar-refractivity contribution is 6.61. The molecule has 2 aromatic carbocycles. The minimum atomic E-state index is -0.848. The van der Waals surface area contributed by atoms with Crippen molar-refractivity contribution in [2.24, 2.45) is 0 Å². The molecule has 1 heterocycles. The van der Waals surface area contributed by atoms with Gasteiger partial charge in [-0.15, -0.1) is 0 Å². The monoisotopic (exact) mass is 269 g/mol. The Morgan fingerprint density at radius 2 is 2.15 bits per heavy atom. The van der Waals surface area contributed by atoms with Gasteiger partial charge in [-0.25, -0.2) is 5.48 Å². The molecule has 2 aromatic rings. The maximum absolute atomic E-state index is 9.82. The van der Waals surface area contributed by atoms with Crippen LogP contribution < -0.4 is 15.8 Å². The van der Waals surface area contributed by atoms with E-state index in [1.54, 1.807) is 0 Å². The fraction of sp³-hybridized carbons (Fsp3) is 0.200. The summed E-state index contributed by atoms with van der Waals surface area (Å²) in [5, 5.41) is 9.82. The van der Waals surface area contributed by atoms with Crippen LogP contribution in [0.1, 0.15) is 11.1 Å². The molecule has 0 unspecified atom stereocenters. The van der Waals surface area contributed by atoms with E-state index < -0.39 is 7.12 Å². The van der Waals surface area contributed by atoms with E-state index >= 15 is 0 Å². The van der Waals surface area contributed by atoms with Crippen LogP contribution in [0.15, 0.2) is 42.5 Å². The van der Waals surface area contributed by atoms with Crippen LogP contribution in [-0.2, 0) is 11.1 Å². The fourth-order valence-electron chi connectivity index (χ4n) is 2.28. The van der Waals surface area contributed by atoms with E-state index in [2.05, 4.69) is 5.48 Å². The molecule has 3 rings (SSSR count). The van der Waals surface area contributed by atoms with Crippen LogP contribution in [-0.4, -0.2) is 18.7 Å². The maximum atomic E-state index is 9.82. The Bertz CT molecular complexity index is 618. The molecule has 0 aliphatic carbocycles. The van der Waals surface area contributed by atoms with Gasteiger partial charge >= 0.3 is 7.12 Å². The molecule has 0 amide bonds. The smallest absolute Gasteiger partial charge is 0.423 e. The summed E-state index contributed by atoms with van der Waals surface area (Å²) >= 11 is 0. The van der Waals surface area contributed by atoms with E-state index in [0.717, 1.165) is 34.4 Å². The van der Waals surface area contributed by atoms with Crippen LogP contribution in [0.25, 0.3) is 0 Å². The van der Waals surface area contributed by atoms with Gasteiger partial charge in [0, 0.05) is 6.61 Å². The normalized spacial score (nSPS) is 13.8. The summed E-state index contributed by atoms with van der Waals surface area (Å²) in [5.41, 5.74) is 6.73. The first-order valence-electron chi connectivity index (χ1n) is 6.64. The molecular weight excluding hydrogens is 253 g/mol. The van der Waals surface area contributed by atoms with Gasteiger partial charge in [-0.2, -0.15) is 0 Å². The van der Waals surface area contributed by atoms with E-state index in [9.17, 15) is 5.02 Å². The van der Waals surface area contributed by atoms with Gasteiger partial charge in [-0.05, 0) is 54.2 Å². The standard InChI is InChI=1S/C15H16BNO3/c1-11-3-2-4-14(9-11)20-17-13-6-5-12-7-8-19-16(18)15(12)10-13/h2-6,9-10,17-18H,7-8H2,1H3. The van der Waals surface area contributed by atoms with Crippen molar-refractivity contribution in [3.05, 3.63) is 53.6 Å². The SMILES string of the molecule is Cc1cccc(ONc2ccc3c(c2)B(O)OCC3)c1. The van der Waals surface area contributed by atoms with Crippen molar-refractivity contribution in [2.45, 2.75) is 13.3 Å². The molecular formula is C15H16BNO3. The van der Waals surface area contributed by atoms with Gasteiger partial charge in [0.2, 0.25) is 0 Å². The minimum absolute atomic E-state index is 0.556. The molecule has 4 nitrogen and oxygen atoms in total. The molecule has 102 valence electrons. The molecule has 0 saturated heterocycles. The zero-order valence-corrected chi connectivity index (χ0v) is 11.3. The first-order chi connectivity index (χ1) is 9.72. The van der Waals surface area contributed by atoms with Crippen LogP contribution in [0.3, 0.4) is 0 Å². The van der Waals surface area contributed by atoms with E-state index in [1.165, 1.54) is 0 Å². The average molecular weight is 269 g/mol. The van der Waals surface area contributed by atoms with E-state index in [1.807, 2.05) is 49.4 Å². The molecule has 0 aromatic heterocycles. The first-order valence-corrected chi connectivity index (χ1v) is 6.64. The molecule has 0 atom stereocenters. The molecule has 0 spiro atoms. The molecule has 0 radical (unpaired) electrons. The lowest BCUT2D eigenvalue weighted by molar-refractivity contribution is 0.266. The number of rotatable bonds is 3.